The number of amides is 1. The zero-order valence-electron chi connectivity index (χ0n) is 18.0. The van der Waals surface area contributed by atoms with E-state index in [-0.39, 0.29) is 29.9 Å². The minimum atomic E-state index is -0.506. The van der Waals surface area contributed by atoms with E-state index < -0.39 is 5.60 Å². The van der Waals surface area contributed by atoms with E-state index in [1.165, 1.54) is 0 Å². The van der Waals surface area contributed by atoms with Gasteiger partial charge >= 0.3 is 6.09 Å². The van der Waals surface area contributed by atoms with Crippen LogP contribution in [0.2, 0.25) is 0 Å². The molecule has 2 fully saturated rings. The molecule has 2 unspecified atom stereocenters. The highest BCUT2D eigenvalue weighted by molar-refractivity contribution is 5.82. The van der Waals surface area contributed by atoms with Crippen molar-refractivity contribution in [1.29, 1.82) is 0 Å². The van der Waals surface area contributed by atoms with Gasteiger partial charge in [0, 0.05) is 24.4 Å². The van der Waals surface area contributed by atoms with Crippen molar-refractivity contribution in [3.63, 3.8) is 0 Å². The van der Waals surface area contributed by atoms with E-state index in [2.05, 4.69) is 0 Å². The van der Waals surface area contributed by atoms with Gasteiger partial charge in [0.15, 0.2) is 11.5 Å². The lowest BCUT2D eigenvalue weighted by atomic mass is 9.76. The fourth-order valence-electron chi connectivity index (χ4n) is 4.46. The maximum atomic E-state index is 12.8. The average Bonchev–Trinajstić information content (AvgIpc) is 2.65. The Morgan fingerprint density at radius 2 is 1.69 bits per heavy atom. The van der Waals surface area contributed by atoms with Crippen LogP contribution >= 0.6 is 0 Å². The quantitative estimate of drug-likeness (QED) is 0.694. The second kappa shape index (κ2) is 9.06. The minimum absolute atomic E-state index is 0.00902. The van der Waals surface area contributed by atoms with E-state index in [0.717, 1.165) is 32.1 Å². The van der Waals surface area contributed by atoms with E-state index in [9.17, 15) is 9.59 Å². The van der Waals surface area contributed by atoms with Gasteiger partial charge in [0.2, 0.25) is 0 Å². The molecule has 2 saturated heterocycles. The van der Waals surface area contributed by atoms with Crippen molar-refractivity contribution in [2.45, 2.75) is 77.0 Å². The molecule has 0 N–H and O–H groups in total. The molecule has 3 rings (SSSR count). The first-order valence-corrected chi connectivity index (χ1v) is 10.6. The van der Waals surface area contributed by atoms with Crippen molar-refractivity contribution >= 4 is 11.9 Å². The Morgan fingerprint density at radius 1 is 1.07 bits per heavy atom. The predicted molar refractivity (Wildman–Crippen MR) is 110 cm³/mol. The molecule has 1 amide bonds. The minimum Gasteiger partial charge on any atom is -0.493 e. The van der Waals surface area contributed by atoms with Crippen molar-refractivity contribution in [2.24, 2.45) is 5.92 Å². The number of ether oxygens (including phenoxy) is 3. The zero-order chi connectivity index (χ0) is 21.0. The number of carbonyl (C=O) groups is 2. The predicted octanol–water partition coefficient (Wildman–Crippen LogP) is 4.60. The normalized spacial score (nSPS) is 24.0. The number of ketones is 1. The number of Topliss-reactive ketones (excluding diaryl/α,β-unsaturated/α-hetero) is 1. The Bertz CT molecular complexity index is 712. The molecule has 160 valence electrons. The summed E-state index contributed by atoms with van der Waals surface area (Å²) < 4.78 is 16.7. The molecule has 29 heavy (non-hydrogen) atoms. The van der Waals surface area contributed by atoms with Gasteiger partial charge < -0.3 is 19.1 Å². The van der Waals surface area contributed by atoms with Crippen LogP contribution in [-0.4, -0.2) is 48.2 Å². The lowest BCUT2D eigenvalue weighted by molar-refractivity contribution is -0.127. The number of hydrogen-bond acceptors (Lipinski definition) is 5. The molecular weight excluding hydrogens is 370 g/mol. The van der Waals surface area contributed by atoms with Crippen LogP contribution in [0.25, 0.3) is 0 Å². The van der Waals surface area contributed by atoms with E-state index in [4.69, 9.17) is 14.2 Å². The summed E-state index contributed by atoms with van der Waals surface area (Å²) in [6, 6.07) is 7.64. The van der Waals surface area contributed by atoms with Crippen LogP contribution in [0.5, 0.6) is 11.5 Å². The molecular formula is C23H33NO5. The number of methoxy groups -OCH3 is 1. The molecule has 2 aliphatic rings. The number of nitrogens with zero attached hydrogens (tertiary/aromatic N) is 1. The highest BCUT2D eigenvalue weighted by Crippen LogP contribution is 2.38. The van der Waals surface area contributed by atoms with Crippen molar-refractivity contribution in [3.05, 3.63) is 24.3 Å². The summed E-state index contributed by atoms with van der Waals surface area (Å²) in [7, 11) is 1.60. The van der Waals surface area contributed by atoms with E-state index in [1.807, 2.05) is 49.9 Å². The third-order valence-electron chi connectivity index (χ3n) is 5.71. The first-order chi connectivity index (χ1) is 13.8. The number of fused-ring (bicyclic) bond motifs is 2. The van der Waals surface area contributed by atoms with E-state index >= 15 is 0 Å². The number of hydrogen-bond donors (Lipinski definition) is 0. The van der Waals surface area contributed by atoms with Crippen molar-refractivity contribution in [3.8, 4) is 11.5 Å². The smallest absolute Gasteiger partial charge is 0.410 e. The molecule has 0 aliphatic carbocycles. The molecule has 1 aromatic rings. The van der Waals surface area contributed by atoms with Crippen LogP contribution in [0.15, 0.2) is 24.3 Å². The first kappa shape index (κ1) is 21.5. The van der Waals surface area contributed by atoms with Crippen LogP contribution in [0.3, 0.4) is 0 Å². The summed E-state index contributed by atoms with van der Waals surface area (Å²) in [4.78, 5) is 27.4. The molecule has 1 aromatic carbocycles. The molecule has 0 saturated carbocycles. The topological polar surface area (TPSA) is 65.1 Å². The molecule has 0 aromatic heterocycles. The summed E-state index contributed by atoms with van der Waals surface area (Å²) in [6.07, 6.45) is 4.57. The van der Waals surface area contributed by atoms with Crippen LogP contribution in [-0.2, 0) is 9.53 Å². The summed E-state index contributed by atoms with van der Waals surface area (Å²) in [6.45, 7) is 6.00. The maximum absolute atomic E-state index is 12.8. The standard InChI is InChI=1S/C23H33NO5/c1-23(2,3)29-22(26)24-17-8-7-9-18(24)15-16(14-17)19(25)12-13-28-21-11-6-5-10-20(21)27-4/h5-6,10-11,16-18H,7-9,12-15H2,1-4H3. The van der Waals surface area contributed by atoms with Gasteiger partial charge in [-0.3, -0.25) is 4.79 Å². The van der Waals surface area contributed by atoms with Crippen molar-refractivity contribution in [1.82, 2.24) is 4.90 Å². The monoisotopic (exact) mass is 403 g/mol. The van der Waals surface area contributed by atoms with Gasteiger partial charge in [0.1, 0.15) is 11.4 Å². The Balaban J connectivity index is 1.55. The summed E-state index contributed by atoms with van der Waals surface area (Å²) in [5, 5.41) is 0. The number of piperidine rings is 2. The van der Waals surface area contributed by atoms with Crippen LogP contribution in [0.4, 0.5) is 4.79 Å². The Kier molecular flexibility index (Phi) is 6.70. The second-order valence-electron chi connectivity index (χ2n) is 9.01. The van der Waals surface area contributed by atoms with Gasteiger partial charge in [-0.05, 0) is 65.0 Å². The fourth-order valence-corrected chi connectivity index (χ4v) is 4.46. The van der Waals surface area contributed by atoms with Crippen LogP contribution in [0.1, 0.15) is 59.3 Å². The molecule has 0 spiro atoms. The second-order valence-corrected chi connectivity index (χ2v) is 9.01. The maximum Gasteiger partial charge on any atom is 0.410 e. The molecule has 2 atom stereocenters. The van der Waals surface area contributed by atoms with Gasteiger partial charge in [-0.25, -0.2) is 4.79 Å². The van der Waals surface area contributed by atoms with E-state index in [0.29, 0.717) is 24.5 Å². The number of para-hydroxylation sites is 2. The largest absolute Gasteiger partial charge is 0.493 e. The summed E-state index contributed by atoms with van der Waals surface area (Å²) in [5.74, 6) is 1.53. The van der Waals surface area contributed by atoms with E-state index in [1.54, 1.807) is 7.11 Å². The summed E-state index contributed by atoms with van der Waals surface area (Å²) in [5.41, 5.74) is -0.506. The summed E-state index contributed by atoms with van der Waals surface area (Å²) >= 11 is 0. The van der Waals surface area contributed by atoms with Gasteiger partial charge in [-0.1, -0.05) is 12.1 Å². The van der Waals surface area contributed by atoms with Crippen LogP contribution < -0.4 is 9.47 Å². The Labute approximate surface area is 173 Å². The first-order valence-electron chi connectivity index (χ1n) is 10.6. The van der Waals surface area contributed by atoms with Gasteiger partial charge in [-0.2, -0.15) is 0 Å². The molecule has 0 radical (unpaired) electrons. The van der Waals surface area contributed by atoms with Crippen LogP contribution in [0, 0.1) is 5.92 Å². The molecule has 6 nitrogen and oxygen atoms in total. The lowest BCUT2D eigenvalue weighted by Crippen LogP contribution is -2.56. The zero-order valence-corrected chi connectivity index (χ0v) is 18.0. The highest BCUT2D eigenvalue weighted by atomic mass is 16.6. The number of carbonyl (C=O) groups excluding carboxylic acids is 2. The third kappa shape index (κ3) is 5.43. The number of benzene rings is 1. The fraction of sp³-hybridized carbons (Fsp3) is 0.652. The van der Waals surface area contributed by atoms with Gasteiger partial charge in [0.25, 0.3) is 0 Å². The lowest BCUT2D eigenvalue weighted by Gasteiger charge is -2.48. The third-order valence-corrected chi connectivity index (χ3v) is 5.71. The van der Waals surface area contributed by atoms with Crippen molar-refractivity contribution < 1.29 is 23.8 Å². The number of rotatable bonds is 6. The van der Waals surface area contributed by atoms with Gasteiger partial charge in [0.05, 0.1) is 13.7 Å². The highest BCUT2D eigenvalue weighted by Gasteiger charge is 2.44. The SMILES string of the molecule is COc1ccccc1OCCC(=O)C1CC2CCCC(C1)N2C(=O)OC(C)(C)C. The molecule has 2 bridgehead atoms. The molecule has 2 heterocycles. The Hall–Kier alpha value is -2.24. The van der Waals surface area contributed by atoms with Gasteiger partial charge in [-0.15, -0.1) is 0 Å². The molecule has 6 heteroatoms. The molecule has 2 aliphatic heterocycles. The average molecular weight is 404 g/mol. The Morgan fingerprint density at radius 3 is 2.28 bits per heavy atom. The van der Waals surface area contributed by atoms with Crippen molar-refractivity contribution in [2.75, 3.05) is 13.7 Å².